The molecule has 0 saturated heterocycles. The summed E-state index contributed by atoms with van der Waals surface area (Å²) in [5, 5.41) is 17.7. The van der Waals surface area contributed by atoms with Gasteiger partial charge in [0.05, 0.1) is 0 Å². The maximum atomic E-state index is 11.6. The maximum Gasteiger partial charge on any atom is 0.326 e. The number of carbonyl (C=O) groups is 2. The largest absolute Gasteiger partial charge is 0.480 e. The first-order valence-electron chi connectivity index (χ1n) is 4.67. The van der Waals surface area contributed by atoms with E-state index in [1.165, 1.54) is 11.8 Å². The van der Waals surface area contributed by atoms with Gasteiger partial charge in [-0.25, -0.2) is 9.42 Å². The van der Waals surface area contributed by atoms with E-state index in [4.69, 9.17) is 10.8 Å². The second-order valence-corrected chi connectivity index (χ2v) is 4.13. The summed E-state index contributed by atoms with van der Waals surface area (Å²) in [4.78, 5) is 22.5. The molecule has 0 aliphatic rings. The second kappa shape index (κ2) is 6.09. The molecule has 0 aliphatic carbocycles. The third-order valence-electron chi connectivity index (χ3n) is 1.94. The van der Waals surface area contributed by atoms with Crippen LogP contribution in [0.15, 0.2) is 4.63 Å². The Morgan fingerprint density at radius 3 is 2.76 bits per heavy atom. The SMILES string of the molecule is CSCCC(NC(=O)c1nonc1N)C(=O)O. The highest BCUT2D eigenvalue weighted by Gasteiger charge is 2.23. The predicted molar refractivity (Wildman–Crippen MR) is 60.6 cm³/mol. The molecule has 0 saturated carbocycles. The van der Waals surface area contributed by atoms with Gasteiger partial charge < -0.3 is 16.2 Å². The summed E-state index contributed by atoms with van der Waals surface area (Å²) in [5.41, 5.74) is 5.11. The first kappa shape index (κ1) is 13.3. The van der Waals surface area contributed by atoms with Crippen LogP contribution in [0, 0.1) is 0 Å². The van der Waals surface area contributed by atoms with Crippen LogP contribution in [0.5, 0.6) is 0 Å². The number of carboxylic acid groups (broad SMARTS) is 1. The van der Waals surface area contributed by atoms with Gasteiger partial charge in [-0.1, -0.05) is 0 Å². The summed E-state index contributed by atoms with van der Waals surface area (Å²) < 4.78 is 4.25. The summed E-state index contributed by atoms with van der Waals surface area (Å²) in [7, 11) is 0. The summed E-state index contributed by atoms with van der Waals surface area (Å²) in [6, 6.07) is -0.981. The molecule has 8 nitrogen and oxygen atoms in total. The van der Waals surface area contributed by atoms with Crippen LogP contribution in [-0.2, 0) is 4.79 Å². The van der Waals surface area contributed by atoms with Crippen LogP contribution in [-0.4, -0.2) is 45.3 Å². The van der Waals surface area contributed by atoms with Crippen LogP contribution < -0.4 is 11.1 Å². The molecule has 1 amide bonds. The number of aromatic nitrogens is 2. The molecule has 1 aromatic heterocycles. The van der Waals surface area contributed by atoms with E-state index in [0.717, 1.165) is 0 Å². The quantitative estimate of drug-likeness (QED) is 0.628. The lowest BCUT2D eigenvalue weighted by atomic mass is 10.2. The molecule has 0 radical (unpaired) electrons. The van der Waals surface area contributed by atoms with E-state index in [0.29, 0.717) is 12.2 Å². The van der Waals surface area contributed by atoms with Crippen LogP contribution >= 0.6 is 11.8 Å². The number of nitrogens with two attached hydrogens (primary N) is 1. The molecule has 0 aromatic carbocycles. The number of nitrogens with one attached hydrogen (secondary N) is 1. The van der Waals surface area contributed by atoms with Crippen molar-refractivity contribution in [2.24, 2.45) is 0 Å². The third-order valence-corrected chi connectivity index (χ3v) is 2.59. The second-order valence-electron chi connectivity index (χ2n) is 3.14. The third kappa shape index (κ3) is 3.63. The van der Waals surface area contributed by atoms with E-state index in [2.05, 4.69) is 20.3 Å². The first-order valence-corrected chi connectivity index (χ1v) is 6.06. The van der Waals surface area contributed by atoms with Crippen molar-refractivity contribution in [3.05, 3.63) is 5.69 Å². The van der Waals surface area contributed by atoms with Gasteiger partial charge in [-0.3, -0.25) is 4.79 Å². The zero-order valence-electron chi connectivity index (χ0n) is 9.04. The summed E-state index contributed by atoms with van der Waals surface area (Å²) >= 11 is 1.49. The van der Waals surface area contributed by atoms with Gasteiger partial charge in [0, 0.05) is 0 Å². The maximum absolute atomic E-state index is 11.6. The molecule has 0 bridgehead atoms. The molecular weight excluding hydrogens is 248 g/mol. The lowest BCUT2D eigenvalue weighted by Gasteiger charge is -2.12. The van der Waals surface area contributed by atoms with E-state index in [-0.39, 0.29) is 11.5 Å². The Balaban J connectivity index is 2.64. The number of thioether (sulfide) groups is 1. The molecule has 1 unspecified atom stereocenters. The summed E-state index contributed by atoms with van der Waals surface area (Å²) in [5.74, 6) is -1.37. The van der Waals surface area contributed by atoms with Crippen molar-refractivity contribution in [2.45, 2.75) is 12.5 Å². The zero-order chi connectivity index (χ0) is 12.8. The van der Waals surface area contributed by atoms with Gasteiger partial charge in [0.25, 0.3) is 5.91 Å². The van der Waals surface area contributed by atoms with Crippen molar-refractivity contribution >= 4 is 29.5 Å². The minimum absolute atomic E-state index is 0.170. The number of carboxylic acids is 1. The standard InChI is InChI=1S/C8H12N4O4S/c1-17-3-2-4(8(14)15)10-7(13)5-6(9)12-16-11-5/h4H,2-3H2,1H3,(H2,9,12)(H,10,13)(H,14,15). The van der Waals surface area contributed by atoms with E-state index in [9.17, 15) is 9.59 Å². The van der Waals surface area contributed by atoms with Gasteiger partial charge in [0.1, 0.15) is 6.04 Å². The highest BCUT2D eigenvalue weighted by atomic mass is 32.2. The van der Waals surface area contributed by atoms with Crippen molar-refractivity contribution in [1.29, 1.82) is 0 Å². The predicted octanol–water partition coefficient (Wildman–Crippen LogP) is -0.412. The first-order chi connectivity index (χ1) is 8.06. The van der Waals surface area contributed by atoms with E-state index in [1.807, 2.05) is 6.26 Å². The average molecular weight is 260 g/mol. The Bertz CT molecular complexity index is 408. The van der Waals surface area contributed by atoms with Crippen molar-refractivity contribution in [3.63, 3.8) is 0 Å². The molecule has 4 N–H and O–H groups in total. The summed E-state index contributed by atoms with van der Waals surface area (Å²) in [6.45, 7) is 0. The number of hydrogen-bond acceptors (Lipinski definition) is 7. The minimum Gasteiger partial charge on any atom is -0.480 e. The Hall–Kier alpha value is -1.77. The minimum atomic E-state index is -1.11. The highest BCUT2D eigenvalue weighted by Crippen LogP contribution is 2.06. The lowest BCUT2D eigenvalue weighted by Crippen LogP contribution is -2.41. The molecule has 1 atom stereocenters. The number of carbonyl (C=O) groups excluding carboxylic acids is 1. The smallest absolute Gasteiger partial charge is 0.326 e. The number of hydrogen-bond donors (Lipinski definition) is 3. The van der Waals surface area contributed by atoms with E-state index in [1.54, 1.807) is 0 Å². The molecule has 1 aromatic rings. The van der Waals surface area contributed by atoms with Gasteiger partial charge in [0.2, 0.25) is 11.5 Å². The normalized spacial score (nSPS) is 12.1. The fraction of sp³-hybridized carbons (Fsp3) is 0.500. The molecule has 17 heavy (non-hydrogen) atoms. The van der Waals surface area contributed by atoms with E-state index < -0.39 is 17.9 Å². The Kier molecular flexibility index (Phi) is 4.76. The van der Waals surface area contributed by atoms with Gasteiger partial charge in [-0.15, -0.1) is 0 Å². The van der Waals surface area contributed by atoms with Crippen molar-refractivity contribution in [3.8, 4) is 0 Å². The Morgan fingerprint density at radius 1 is 1.59 bits per heavy atom. The van der Waals surface area contributed by atoms with Crippen molar-refractivity contribution in [1.82, 2.24) is 15.6 Å². The lowest BCUT2D eigenvalue weighted by molar-refractivity contribution is -0.139. The Morgan fingerprint density at radius 2 is 2.29 bits per heavy atom. The molecule has 0 spiro atoms. The van der Waals surface area contributed by atoms with Gasteiger partial charge in [-0.2, -0.15) is 11.8 Å². The monoisotopic (exact) mass is 260 g/mol. The zero-order valence-corrected chi connectivity index (χ0v) is 9.86. The molecule has 94 valence electrons. The fourth-order valence-electron chi connectivity index (χ4n) is 1.07. The molecular formula is C8H12N4O4S. The van der Waals surface area contributed by atoms with Gasteiger partial charge in [-0.05, 0) is 28.7 Å². The van der Waals surface area contributed by atoms with Gasteiger partial charge in [0.15, 0.2) is 0 Å². The van der Waals surface area contributed by atoms with Crippen LogP contribution in [0.2, 0.25) is 0 Å². The molecule has 0 aliphatic heterocycles. The fourth-order valence-corrected chi connectivity index (χ4v) is 1.54. The molecule has 1 rings (SSSR count). The number of amides is 1. The average Bonchev–Trinajstić information content (AvgIpc) is 2.70. The molecule has 0 fully saturated rings. The summed E-state index contributed by atoms with van der Waals surface area (Å²) in [6.07, 6.45) is 2.16. The number of nitrogens with zero attached hydrogens (tertiary/aromatic N) is 2. The van der Waals surface area contributed by atoms with Crippen LogP contribution in [0.3, 0.4) is 0 Å². The van der Waals surface area contributed by atoms with Crippen molar-refractivity contribution < 1.29 is 19.3 Å². The van der Waals surface area contributed by atoms with Crippen molar-refractivity contribution in [2.75, 3.05) is 17.7 Å². The topological polar surface area (TPSA) is 131 Å². The highest BCUT2D eigenvalue weighted by molar-refractivity contribution is 7.98. The van der Waals surface area contributed by atoms with Crippen LogP contribution in [0.1, 0.15) is 16.9 Å². The van der Waals surface area contributed by atoms with Crippen LogP contribution in [0.25, 0.3) is 0 Å². The molecule has 9 heteroatoms. The number of rotatable bonds is 6. The van der Waals surface area contributed by atoms with E-state index >= 15 is 0 Å². The van der Waals surface area contributed by atoms with Gasteiger partial charge >= 0.3 is 5.97 Å². The Labute approximate surface area is 101 Å². The molecule has 1 heterocycles. The number of aliphatic carboxylic acids is 1. The van der Waals surface area contributed by atoms with Crippen LogP contribution in [0.4, 0.5) is 5.82 Å². The number of anilines is 1. The number of nitrogen functional groups attached to an aromatic ring is 1.